The molecule has 1 aliphatic carbocycles. The molecule has 0 aromatic heterocycles. The zero-order valence-electron chi connectivity index (χ0n) is 15.7. The highest BCUT2D eigenvalue weighted by Crippen LogP contribution is 2.35. The largest absolute Gasteiger partial charge is 0.493 e. The van der Waals surface area contributed by atoms with E-state index >= 15 is 0 Å². The van der Waals surface area contributed by atoms with Crippen LogP contribution in [0, 0.1) is 16.0 Å². The Labute approximate surface area is 154 Å². The third-order valence-electron chi connectivity index (χ3n) is 4.93. The van der Waals surface area contributed by atoms with Gasteiger partial charge in [-0.2, -0.15) is 0 Å². The fourth-order valence-electron chi connectivity index (χ4n) is 3.59. The summed E-state index contributed by atoms with van der Waals surface area (Å²) >= 11 is 0. The Morgan fingerprint density at radius 1 is 1.31 bits per heavy atom. The molecule has 2 rings (SSSR count). The number of nitro benzene ring substituents is 1. The highest BCUT2D eigenvalue weighted by atomic mass is 16.6. The molecular weight excluding hydrogens is 336 g/mol. The molecule has 0 spiro atoms. The van der Waals surface area contributed by atoms with E-state index in [1.54, 1.807) is 6.92 Å². The molecule has 1 amide bonds. The molecule has 0 aliphatic heterocycles. The van der Waals surface area contributed by atoms with Crippen molar-refractivity contribution < 1.29 is 19.2 Å². The number of methoxy groups -OCH3 is 1. The number of nitrogens with one attached hydrogen (secondary N) is 1. The minimum atomic E-state index is -0.559. The summed E-state index contributed by atoms with van der Waals surface area (Å²) in [5.74, 6) is 0.604. The second-order valence-electron chi connectivity index (χ2n) is 6.62. The number of nitrogens with zero attached hydrogens (tertiary/aromatic N) is 1. The smallest absolute Gasteiger partial charge is 0.286 e. The molecule has 1 aliphatic rings. The molecule has 7 nitrogen and oxygen atoms in total. The van der Waals surface area contributed by atoms with Gasteiger partial charge in [0.15, 0.2) is 11.5 Å². The Morgan fingerprint density at radius 3 is 2.69 bits per heavy atom. The highest BCUT2D eigenvalue weighted by Gasteiger charge is 2.31. The quantitative estimate of drug-likeness (QED) is 0.526. The van der Waals surface area contributed by atoms with Gasteiger partial charge >= 0.3 is 0 Å². The van der Waals surface area contributed by atoms with Crippen LogP contribution in [0.5, 0.6) is 11.5 Å². The maximum absolute atomic E-state index is 12.8. The SMILES string of the molecule is CCCC[C@H]1CCC[C@H]1NC(=O)c1cc(OCC)c(OC)cc1[N+](=O)[O-]. The van der Waals surface area contributed by atoms with Gasteiger partial charge < -0.3 is 14.8 Å². The number of unbranched alkanes of at least 4 members (excludes halogenated alkanes) is 1. The van der Waals surface area contributed by atoms with Gasteiger partial charge in [-0.05, 0) is 32.1 Å². The highest BCUT2D eigenvalue weighted by molar-refractivity contribution is 5.99. The average molecular weight is 364 g/mol. The molecule has 1 aromatic carbocycles. The molecule has 7 heteroatoms. The van der Waals surface area contributed by atoms with Gasteiger partial charge in [-0.25, -0.2) is 0 Å². The summed E-state index contributed by atoms with van der Waals surface area (Å²) in [6.45, 7) is 4.33. The maximum atomic E-state index is 12.8. The van der Waals surface area contributed by atoms with Crippen LogP contribution in [0.2, 0.25) is 0 Å². The predicted octanol–water partition coefficient (Wildman–Crippen LogP) is 4.09. The van der Waals surface area contributed by atoms with Gasteiger partial charge in [0.2, 0.25) is 0 Å². The van der Waals surface area contributed by atoms with Crippen LogP contribution in [0.1, 0.15) is 62.7 Å². The molecule has 1 N–H and O–H groups in total. The first kappa shape index (κ1) is 20.0. The summed E-state index contributed by atoms with van der Waals surface area (Å²) in [5.41, 5.74) is -0.258. The molecule has 0 unspecified atom stereocenters. The van der Waals surface area contributed by atoms with Crippen LogP contribution in [0.15, 0.2) is 12.1 Å². The summed E-state index contributed by atoms with van der Waals surface area (Å²) in [4.78, 5) is 23.7. The lowest BCUT2D eigenvalue weighted by Gasteiger charge is -2.21. The van der Waals surface area contributed by atoms with Crippen molar-refractivity contribution in [2.45, 2.75) is 58.4 Å². The van der Waals surface area contributed by atoms with Crippen molar-refractivity contribution in [2.24, 2.45) is 5.92 Å². The van der Waals surface area contributed by atoms with E-state index in [0.717, 1.165) is 38.5 Å². The minimum Gasteiger partial charge on any atom is -0.493 e. The third-order valence-corrected chi connectivity index (χ3v) is 4.93. The molecule has 1 saturated carbocycles. The van der Waals surface area contributed by atoms with Crippen LogP contribution in [0.25, 0.3) is 0 Å². The van der Waals surface area contributed by atoms with Crippen molar-refractivity contribution in [3.8, 4) is 11.5 Å². The summed E-state index contributed by atoms with van der Waals surface area (Å²) in [6, 6.07) is 2.74. The van der Waals surface area contributed by atoms with Gasteiger partial charge in [-0.1, -0.05) is 26.2 Å². The fraction of sp³-hybridized carbons (Fsp3) is 0.632. The van der Waals surface area contributed by atoms with Crippen molar-refractivity contribution in [3.63, 3.8) is 0 Å². The summed E-state index contributed by atoms with van der Waals surface area (Å²) in [5, 5.41) is 14.5. The van der Waals surface area contributed by atoms with Gasteiger partial charge in [0.25, 0.3) is 11.6 Å². The number of benzene rings is 1. The lowest BCUT2D eigenvalue weighted by Crippen LogP contribution is -2.37. The number of amides is 1. The Hall–Kier alpha value is -2.31. The normalized spacial score (nSPS) is 19.2. The van der Waals surface area contributed by atoms with E-state index in [1.807, 2.05) is 0 Å². The molecule has 0 heterocycles. The van der Waals surface area contributed by atoms with E-state index in [9.17, 15) is 14.9 Å². The minimum absolute atomic E-state index is 0.0143. The first-order chi connectivity index (χ1) is 12.5. The standard InChI is InChI=1S/C19H28N2O5/c1-4-6-8-13-9-7-10-15(13)20-19(22)14-11-18(26-5-2)17(25-3)12-16(14)21(23)24/h11-13,15H,4-10H2,1-3H3,(H,20,22)/t13-,15+/m0/s1. The third kappa shape index (κ3) is 4.65. The van der Waals surface area contributed by atoms with Gasteiger partial charge in [0.1, 0.15) is 5.56 Å². The number of hydrogen-bond acceptors (Lipinski definition) is 5. The second-order valence-corrected chi connectivity index (χ2v) is 6.62. The van der Waals surface area contributed by atoms with Crippen LogP contribution < -0.4 is 14.8 Å². The van der Waals surface area contributed by atoms with Crippen LogP contribution in [0.4, 0.5) is 5.69 Å². The summed E-state index contributed by atoms with van der Waals surface area (Å²) < 4.78 is 10.6. The predicted molar refractivity (Wildman–Crippen MR) is 98.9 cm³/mol. The van der Waals surface area contributed by atoms with E-state index in [1.165, 1.54) is 19.2 Å². The van der Waals surface area contributed by atoms with Crippen LogP contribution >= 0.6 is 0 Å². The molecular formula is C19H28N2O5. The van der Waals surface area contributed by atoms with E-state index in [-0.39, 0.29) is 23.0 Å². The molecule has 1 aromatic rings. The maximum Gasteiger partial charge on any atom is 0.286 e. The summed E-state index contributed by atoms with van der Waals surface area (Å²) in [7, 11) is 1.41. The van der Waals surface area contributed by atoms with Crippen molar-refractivity contribution in [3.05, 3.63) is 27.8 Å². The number of hydrogen-bond donors (Lipinski definition) is 1. The molecule has 0 radical (unpaired) electrons. The summed E-state index contributed by atoms with van der Waals surface area (Å²) in [6.07, 6.45) is 6.43. The van der Waals surface area contributed by atoms with E-state index in [4.69, 9.17) is 9.47 Å². The van der Waals surface area contributed by atoms with Crippen molar-refractivity contribution in [1.82, 2.24) is 5.32 Å². The Kier molecular flexibility index (Phi) is 7.24. The molecule has 0 bridgehead atoms. The van der Waals surface area contributed by atoms with Crippen molar-refractivity contribution >= 4 is 11.6 Å². The van der Waals surface area contributed by atoms with Crippen LogP contribution in [-0.2, 0) is 0 Å². The van der Waals surface area contributed by atoms with Gasteiger partial charge in [-0.3, -0.25) is 14.9 Å². The zero-order chi connectivity index (χ0) is 19.1. The Bertz CT molecular complexity index is 647. The first-order valence-electron chi connectivity index (χ1n) is 9.31. The number of ether oxygens (including phenoxy) is 2. The number of nitro groups is 1. The van der Waals surface area contributed by atoms with Crippen molar-refractivity contribution in [2.75, 3.05) is 13.7 Å². The molecule has 144 valence electrons. The number of rotatable bonds is 9. The van der Waals surface area contributed by atoms with Crippen LogP contribution in [0.3, 0.4) is 0 Å². The molecule has 2 atom stereocenters. The monoisotopic (exact) mass is 364 g/mol. The van der Waals surface area contributed by atoms with Gasteiger partial charge in [-0.15, -0.1) is 0 Å². The topological polar surface area (TPSA) is 90.7 Å². The lowest BCUT2D eigenvalue weighted by molar-refractivity contribution is -0.385. The Morgan fingerprint density at radius 2 is 2.08 bits per heavy atom. The van der Waals surface area contributed by atoms with Crippen molar-refractivity contribution in [1.29, 1.82) is 0 Å². The lowest BCUT2D eigenvalue weighted by atomic mass is 9.96. The van der Waals surface area contributed by atoms with Gasteiger partial charge in [0, 0.05) is 12.1 Å². The second kappa shape index (κ2) is 9.40. The molecule has 1 fully saturated rings. The fourth-order valence-corrected chi connectivity index (χ4v) is 3.59. The number of carbonyl (C=O) groups excluding carboxylic acids is 1. The first-order valence-corrected chi connectivity index (χ1v) is 9.31. The van der Waals surface area contributed by atoms with E-state index in [2.05, 4.69) is 12.2 Å². The van der Waals surface area contributed by atoms with Gasteiger partial charge in [0.05, 0.1) is 24.7 Å². The van der Waals surface area contributed by atoms with E-state index in [0.29, 0.717) is 18.3 Å². The zero-order valence-corrected chi connectivity index (χ0v) is 15.7. The Balaban J connectivity index is 2.26. The number of carbonyl (C=O) groups is 1. The van der Waals surface area contributed by atoms with Crippen LogP contribution in [-0.4, -0.2) is 30.6 Å². The van der Waals surface area contributed by atoms with E-state index < -0.39 is 10.8 Å². The molecule has 26 heavy (non-hydrogen) atoms. The molecule has 0 saturated heterocycles. The average Bonchev–Trinajstić information content (AvgIpc) is 3.06.